The first-order valence-electron chi connectivity index (χ1n) is 14.4. The van der Waals surface area contributed by atoms with Crippen LogP contribution in [0.1, 0.15) is 62.3 Å². The Balaban J connectivity index is 1.60. The van der Waals surface area contributed by atoms with Gasteiger partial charge in [0.1, 0.15) is 40.8 Å². The Labute approximate surface area is 250 Å². The summed E-state index contributed by atoms with van der Waals surface area (Å²) in [6.45, 7) is 13.6. The number of likely N-dealkylation sites (tertiary alicyclic amines) is 1. The Bertz CT molecular complexity index is 1320. The number of ether oxygens (including phenoxy) is 3. The van der Waals surface area contributed by atoms with Gasteiger partial charge in [-0.05, 0) is 56.1 Å². The lowest BCUT2D eigenvalue weighted by atomic mass is 10.0. The number of pyridine rings is 2. The van der Waals surface area contributed by atoms with Gasteiger partial charge in [0.2, 0.25) is 6.29 Å². The number of amides is 2. The number of carbonyl (C=O) groups is 1. The second kappa shape index (κ2) is 13.1. The van der Waals surface area contributed by atoms with Crippen LogP contribution in [0.2, 0.25) is 18.1 Å². The lowest BCUT2D eigenvalue weighted by molar-refractivity contribution is -0.109. The summed E-state index contributed by atoms with van der Waals surface area (Å²) >= 11 is 0. The zero-order chi connectivity index (χ0) is 30.7. The molecule has 42 heavy (non-hydrogen) atoms. The average Bonchev–Trinajstić information content (AvgIpc) is 3.35. The van der Waals surface area contributed by atoms with Crippen molar-refractivity contribution < 1.29 is 23.4 Å². The van der Waals surface area contributed by atoms with Gasteiger partial charge < -0.3 is 23.5 Å². The van der Waals surface area contributed by atoms with Crippen LogP contribution in [0.25, 0.3) is 0 Å². The highest BCUT2D eigenvalue weighted by molar-refractivity contribution is 6.74. The number of anilines is 2. The molecule has 4 rings (SSSR count). The molecule has 0 spiro atoms. The van der Waals surface area contributed by atoms with E-state index in [1.165, 1.54) is 6.20 Å². The van der Waals surface area contributed by atoms with Crippen LogP contribution in [0, 0.1) is 11.3 Å². The Morgan fingerprint density at radius 3 is 2.60 bits per heavy atom. The van der Waals surface area contributed by atoms with Crippen LogP contribution in [-0.4, -0.2) is 76.2 Å². The van der Waals surface area contributed by atoms with E-state index in [1.807, 2.05) is 7.05 Å². The van der Waals surface area contributed by atoms with E-state index in [0.29, 0.717) is 41.8 Å². The third-order valence-electron chi connectivity index (χ3n) is 8.43. The number of nitrogens with zero attached hydrogens (tertiary/aromatic N) is 5. The predicted molar refractivity (Wildman–Crippen MR) is 163 cm³/mol. The molecule has 0 aliphatic carbocycles. The predicted octanol–water partition coefficient (Wildman–Crippen LogP) is 5.23. The van der Waals surface area contributed by atoms with Crippen molar-refractivity contribution in [1.82, 2.24) is 14.9 Å². The van der Waals surface area contributed by atoms with Crippen LogP contribution in [-0.2, 0) is 26.9 Å². The van der Waals surface area contributed by atoms with Gasteiger partial charge in [-0.2, -0.15) is 5.26 Å². The lowest BCUT2D eigenvalue weighted by Gasteiger charge is -2.36. The Hall–Kier alpha value is -3.08. The van der Waals surface area contributed by atoms with Gasteiger partial charge in [-0.15, -0.1) is 0 Å². The first-order valence-corrected chi connectivity index (χ1v) is 17.3. The van der Waals surface area contributed by atoms with Crippen LogP contribution >= 0.6 is 0 Å². The second-order valence-corrected chi connectivity index (χ2v) is 17.3. The number of likely N-dealkylation sites (N-methyl/N-ethyl adjacent to an activating group) is 1. The van der Waals surface area contributed by atoms with Crippen molar-refractivity contribution in [1.29, 1.82) is 5.26 Å². The van der Waals surface area contributed by atoms with Crippen LogP contribution in [0.5, 0.6) is 5.75 Å². The number of urea groups is 1. The third kappa shape index (κ3) is 7.10. The number of nitrogens with one attached hydrogen (secondary N) is 1. The molecule has 2 aliphatic rings. The van der Waals surface area contributed by atoms with Gasteiger partial charge in [0.15, 0.2) is 8.32 Å². The summed E-state index contributed by atoms with van der Waals surface area (Å²) in [6, 6.07) is 5.45. The molecular formula is C30H44N6O5Si. The molecule has 0 bridgehead atoms. The first kappa shape index (κ1) is 31.8. The summed E-state index contributed by atoms with van der Waals surface area (Å²) in [7, 11) is 3.14. The molecule has 1 N–H and O–H groups in total. The molecule has 0 saturated carbocycles. The highest BCUT2D eigenvalue weighted by Crippen LogP contribution is 2.38. The summed E-state index contributed by atoms with van der Waals surface area (Å²) in [4.78, 5) is 26.6. The fourth-order valence-corrected chi connectivity index (χ4v) is 5.85. The van der Waals surface area contributed by atoms with Gasteiger partial charge in [0.25, 0.3) is 0 Å². The highest BCUT2D eigenvalue weighted by atomic mass is 28.4. The Morgan fingerprint density at radius 2 is 1.98 bits per heavy atom. The largest absolute Gasteiger partial charge is 0.487 e. The van der Waals surface area contributed by atoms with Crippen molar-refractivity contribution in [3.05, 3.63) is 40.7 Å². The Morgan fingerprint density at radius 1 is 1.24 bits per heavy atom. The van der Waals surface area contributed by atoms with Gasteiger partial charge in [0, 0.05) is 45.5 Å². The highest BCUT2D eigenvalue weighted by Gasteiger charge is 2.38. The molecule has 4 heterocycles. The van der Waals surface area contributed by atoms with Gasteiger partial charge >= 0.3 is 6.03 Å². The minimum absolute atomic E-state index is 0.0195. The molecule has 1 atom stereocenters. The molecule has 0 aromatic carbocycles. The summed E-state index contributed by atoms with van der Waals surface area (Å²) < 4.78 is 23.9. The van der Waals surface area contributed by atoms with Crippen molar-refractivity contribution in [2.75, 3.05) is 51.1 Å². The molecule has 228 valence electrons. The SMILES string of the molecule is COC(OC)c1nc2c(cc1CO[Si](C)(C)C(C)(C)C)CCCN2C(=O)Nc1cc(OC2CCN(C)C2)c(C#N)cn1. The average molecular weight is 597 g/mol. The number of rotatable bonds is 9. The van der Waals surface area contributed by atoms with E-state index in [2.05, 4.69) is 61.2 Å². The lowest BCUT2D eigenvalue weighted by Crippen LogP contribution is -2.41. The van der Waals surface area contributed by atoms with Gasteiger partial charge in [-0.1, -0.05) is 20.8 Å². The molecule has 0 radical (unpaired) electrons. The monoisotopic (exact) mass is 596 g/mol. The summed E-state index contributed by atoms with van der Waals surface area (Å²) in [6.07, 6.45) is 3.14. The molecule has 12 heteroatoms. The number of aryl methyl sites for hydroxylation is 1. The maximum atomic E-state index is 13.6. The maximum Gasteiger partial charge on any atom is 0.328 e. The number of methoxy groups -OCH3 is 2. The number of fused-ring (bicyclic) bond motifs is 1. The smallest absolute Gasteiger partial charge is 0.328 e. The fourth-order valence-electron chi connectivity index (χ4n) is 4.90. The van der Waals surface area contributed by atoms with Crippen LogP contribution in [0.4, 0.5) is 16.4 Å². The number of carbonyl (C=O) groups excluding carboxylic acids is 1. The molecule has 1 saturated heterocycles. The number of hydrogen-bond acceptors (Lipinski definition) is 9. The minimum Gasteiger partial charge on any atom is -0.487 e. The normalized spacial score (nSPS) is 17.7. The van der Waals surface area contributed by atoms with E-state index >= 15 is 0 Å². The van der Waals surface area contributed by atoms with E-state index in [-0.39, 0.29) is 17.2 Å². The molecule has 2 aromatic rings. The second-order valence-electron chi connectivity index (χ2n) is 12.5. The van der Waals surface area contributed by atoms with E-state index in [9.17, 15) is 10.1 Å². The summed E-state index contributed by atoms with van der Waals surface area (Å²) in [5.74, 6) is 1.28. The van der Waals surface area contributed by atoms with E-state index < -0.39 is 14.6 Å². The first-order chi connectivity index (χ1) is 19.9. The molecule has 1 fully saturated rings. The zero-order valence-corrected chi connectivity index (χ0v) is 27.1. The standard InChI is InChI=1S/C30H44N6O5Si/c1-30(2,3)42(7,8)40-19-21-14-20-10-9-12-36(27(20)34-26(21)28(38-5)39-6)29(37)33-25-15-24(22(16-31)17-32-25)41-23-11-13-35(4)18-23/h14-15,17,23,28H,9-13,18-19H2,1-8H3,(H,32,33,37). The molecule has 11 nitrogen and oxygen atoms in total. The van der Waals surface area contributed by atoms with Crippen molar-refractivity contribution in [2.24, 2.45) is 0 Å². The molecular weight excluding hydrogens is 552 g/mol. The van der Waals surface area contributed by atoms with Gasteiger partial charge in [0.05, 0.1) is 12.8 Å². The van der Waals surface area contributed by atoms with Crippen molar-refractivity contribution in [2.45, 2.75) is 77.2 Å². The molecule has 2 amide bonds. The molecule has 2 aliphatic heterocycles. The van der Waals surface area contributed by atoms with Crippen molar-refractivity contribution >= 4 is 26.0 Å². The van der Waals surface area contributed by atoms with E-state index in [0.717, 1.165) is 43.5 Å². The number of nitriles is 1. The molecule has 2 aromatic heterocycles. The molecule has 1 unspecified atom stereocenters. The minimum atomic E-state index is -2.03. The fraction of sp³-hybridized carbons (Fsp3) is 0.600. The van der Waals surface area contributed by atoms with Gasteiger partial charge in [-0.3, -0.25) is 10.2 Å². The quantitative estimate of drug-likeness (QED) is 0.306. The maximum absolute atomic E-state index is 13.6. The van der Waals surface area contributed by atoms with Crippen LogP contribution in [0.3, 0.4) is 0 Å². The summed E-state index contributed by atoms with van der Waals surface area (Å²) in [5.41, 5.74) is 2.77. The van der Waals surface area contributed by atoms with E-state index in [4.69, 9.17) is 23.6 Å². The number of hydrogen-bond donors (Lipinski definition) is 1. The van der Waals surface area contributed by atoms with Crippen LogP contribution in [0.15, 0.2) is 18.3 Å². The van der Waals surface area contributed by atoms with Crippen molar-refractivity contribution in [3.63, 3.8) is 0 Å². The third-order valence-corrected chi connectivity index (χ3v) is 12.9. The summed E-state index contributed by atoms with van der Waals surface area (Å²) in [5, 5.41) is 12.5. The van der Waals surface area contributed by atoms with Crippen molar-refractivity contribution in [3.8, 4) is 11.8 Å². The van der Waals surface area contributed by atoms with Gasteiger partial charge in [-0.25, -0.2) is 14.8 Å². The Kier molecular flexibility index (Phi) is 9.90. The topological polar surface area (TPSA) is 122 Å². The zero-order valence-electron chi connectivity index (χ0n) is 26.1. The van der Waals surface area contributed by atoms with Crippen LogP contribution < -0.4 is 15.0 Å². The van der Waals surface area contributed by atoms with E-state index in [1.54, 1.807) is 25.2 Å². The number of aromatic nitrogens is 2.